The third-order valence-electron chi connectivity index (χ3n) is 4.84. The lowest BCUT2D eigenvalue weighted by atomic mass is 10.1. The number of amides is 2. The van der Waals surface area contributed by atoms with E-state index in [4.69, 9.17) is 0 Å². The average Bonchev–Trinajstić information content (AvgIpc) is 2.72. The van der Waals surface area contributed by atoms with Crippen LogP contribution in [0.3, 0.4) is 0 Å². The van der Waals surface area contributed by atoms with Gasteiger partial charge in [-0.2, -0.15) is 5.10 Å². The maximum Gasteiger partial charge on any atom is 0.291 e. The zero-order valence-corrected chi connectivity index (χ0v) is 17.4. The Kier molecular flexibility index (Phi) is 6.11. The van der Waals surface area contributed by atoms with Gasteiger partial charge in [0.25, 0.3) is 5.56 Å². The highest BCUT2D eigenvalue weighted by Gasteiger charge is 2.21. The SMILES string of the molecule is CC(=O)Nc1cc(-c2ccccc2)nn([C@@H](C)C(=O)Nc2ccc(C)c(C)c2)c1=O. The summed E-state index contributed by atoms with van der Waals surface area (Å²) in [5, 5.41) is 9.76. The maximum absolute atomic E-state index is 12.9. The number of benzene rings is 2. The molecule has 0 fully saturated rings. The van der Waals surface area contributed by atoms with Gasteiger partial charge in [-0.3, -0.25) is 14.4 Å². The van der Waals surface area contributed by atoms with Crippen LogP contribution in [0.15, 0.2) is 59.4 Å². The van der Waals surface area contributed by atoms with Gasteiger partial charge in [0.15, 0.2) is 0 Å². The minimum Gasteiger partial charge on any atom is -0.324 e. The summed E-state index contributed by atoms with van der Waals surface area (Å²) in [6.07, 6.45) is 0. The first-order chi connectivity index (χ1) is 14.3. The van der Waals surface area contributed by atoms with Crippen molar-refractivity contribution in [3.05, 3.63) is 76.1 Å². The Morgan fingerprint density at radius 3 is 2.30 bits per heavy atom. The number of hydrogen-bond donors (Lipinski definition) is 2. The van der Waals surface area contributed by atoms with Crippen LogP contribution in [-0.2, 0) is 9.59 Å². The molecule has 1 atom stereocenters. The van der Waals surface area contributed by atoms with E-state index in [9.17, 15) is 14.4 Å². The fraction of sp³-hybridized carbons (Fsp3) is 0.217. The third kappa shape index (κ3) is 4.63. The molecule has 2 N–H and O–H groups in total. The molecule has 0 aliphatic heterocycles. The van der Waals surface area contributed by atoms with Crippen molar-refractivity contribution in [3.63, 3.8) is 0 Å². The topological polar surface area (TPSA) is 93.1 Å². The van der Waals surface area contributed by atoms with E-state index < -0.39 is 11.6 Å². The van der Waals surface area contributed by atoms with Crippen molar-refractivity contribution >= 4 is 23.2 Å². The number of nitrogens with one attached hydrogen (secondary N) is 2. The molecule has 0 aliphatic carbocycles. The molecule has 30 heavy (non-hydrogen) atoms. The van der Waals surface area contributed by atoms with Crippen LogP contribution in [0.5, 0.6) is 0 Å². The quantitative estimate of drug-likeness (QED) is 0.678. The van der Waals surface area contributed by atoms with Gasteiger partial charge in [-0.25, -0.2) is 4.68 Å². The van der Waals surface area contributed by atoms with Gasteiger partial charge in [0.1, 0.15) is 11.7 Å². The number of aryl methyl sites for hydroxylation is 2. The zero-order chi connectivity index (χ0) is 21.8. The fourth-order valence-corrected chi connectivity index (χ4v) is 2.98. The highest BCUT2D eigenvalue weighted by molar-refractivity contribution is 5.94. The number of carbonyl (C=O) groups excluding carboxylic acids is 2. The smallest absolute Gasteiger partial charge is 0.291 e. The van der Waals surface area contributed by atoms with Gasteiger partial charge < -0.3 is 10.6 Å². The molecule has 2 amide bonds. The van der Waals surface area contributed by atoms with Crippen molar-refractivity contribution < 1.29 is 9.59 Å². The highest BCUT2D eigenvalue weighted by Crippen LogP contribution is 2.20. The van der Waals surface area contributed by atoms with E-state index in [1.807, 2.05) is 62.4 Å². The molecule has 0 radical (unpaired) electrons. The minimum absolute atomic E-state index is 0.0715. The van der Waals surface area contributed by atoms with Gasteiger partial charge in [0.05, 0.1) is 5.69 Å². The van der Waals surface area contributed by atoms with E-state index in [0.717, 1.165) is 21.4 Å². The van der Waals surface area contributed by atoms with E-state index in [0.29, 0.717) is 11.4 Å². The summed E-state index contributed by atoms with van der Waals surface area (Å²) >= 11 is 0. The van der Waals surface area contributed by atoms with Crippen LogP contribution in [0, 0.1) is 13.8 Å². The van der Waals surface area contributed by atoms with Crippen LogP contribution in [0.2, 0.25) is 0 Å². The first kappa shape index (κ1) is 21.0. The first-order valence-electron chi connectivity index (χ1n) is 9.61. The van der Waals surface area contributed by atoms with Gasteiger partial charge in [-0.1, -0.05) is 36.4 Å². The molecule has 1 heterocycles. The lowest BCUT2D eigenvalue weighted by Crippen LogP contribution is -2.35. The summed E-state index contributed by atoms with van der Waals surface area (Å²) in [5.74, 6) is -0.761. The first-order valence-corrected chi connectivity index (χ1v) is 9.61. The van der Waals surface area contributed by atoms with E-state index in [1.54, 1.807) is 6.92 Å². The lowest BCUT2D eigenvalue weighted by Gasteiger charge is -2.17. The van der Waals surface area contributed by atoms with Gasteiger partial charge >= 0.3 is 0 Å². The number of aromatic nitrogens is 2. The Labute approximate surface area is 174 Å². The van der Waals surface area contributed by atoms with Crippen LogP contribution in [0.4, 0.5) is 11.4 Å². The molecular formula is C23H24N4O3. The van der Waals surface area contributed by atoms with Crippen LogP contribution in [0.25, 0.3) is 11.3 Å². The molecule has 0 unspecified atom stereocenters. The predicted octanol–water partition coefficient (Wildman–Crippen LogP) is 3.69. The molecule has 0 aliphatic rings. The van der Waals surface area contributed by atoms with Gasteiger partial charge in [-0.15, -0.1) is 0 Å². The Morgan fingerprint density at radius 1 is 0.967 bits per heavy atom. The maximum atomic E-state index is 12.9. The molecule has 0 saturated carbocycles. The second kappa shape index (κ2) is 8.73. The summed E-state index contributed by atoms with van der Waals surface area (Å²) < 4.78 is 1.10. The molecule has 0 bridgehead atoms. The van der Waals surface area contributed by atoms with Crippen molar-refractivity contribution in [3.8, 4) is 11.3 Å². The second-order valence-corrected chi connectivity index (χ2v) is 7.20. The van der Waals surface area contributed by atoms with Crippen molar-refractivity contribution in [2.45, 2.75) is 33.7 Å². The molecule has 7 heteroatoms. The Balaban J connectivity index is 1.99. The van der Waals surface area contributed by atoms with Crippen LogP contribution in [0.1, 0.15) is 31.0 Å². The fourth-order valence-electron chi connectivity index (χ4n) is 2.98. The number of carbonyl (C=O) groups is 2. The molecular weight excluding hydrogens is 380 g/mol. The summed E-state index contributed by atoms with van der Waals surface area (Å²) in [4.78, 5) is 37.3. The predicted molar refractivity (Wildman–Crippen MR) is 117 cm³/mol. The summed E-state index contributed by atoms with van der Waals surface area (Å²) in [7, 11) is 0. The number of rotatable bonds is 5. The average molecular weight is 404 g/mol. The molecule has 7 nitrogen and oxygen atoms in total. The highest BCUT2D eigenvalue weighted by atomic mass is 16.2. The number of hydrogen-bond acceptors (Lipinski definition) is 4. The largest absolute Gasteiger partial charge is 0.324 e. The Bertz CT molecular complexity index is 1150. The molecule has 1 aromatic heterocycles. The Hall–Kier alpha value is -3.74. The van der Waals surface area contributed by atoms with E-state index in [2.05, 4.69) is 15.7 Å². The summed E-state index contributed by atoms with van der Waals surface area (Å²) in [5.41, 5.74) is 3.58. The van der Waals surface area contributed by atoms with Crippen LogP contribution in [-0.4, -0.2) is 21.6 Å². The monoisotopic (exact) mass is 404 g/mol. The molecule has 0 spiro atoms. The van der Waals surface area contributed by atoms with Gasteiger partial charge in [0.2, 0.25) is 11.8 Å². The minimum atomic E-state index is -0.893. The van der Waals surface area contributed by atoms with Crippen molar-refractivity contribution in [1.29, 1.82) is 0 Å². The zero-order valence-electron chi connectivity index (χ0n) is 17.4. The standard InChI is InChI=1S/C23H24N4O3/c1-14-10-11-19(12-15(14)2)25-22(29)16(3)27-23(30)21(24-17(4)28)13-20(26-27)18-8-6-5-7-9-18/h5-13,16H,1-4H3,(H,24,28)(H,25,29)/t16-/m0/s1. The van der Waals surface area contributed by atoms with Gasteiger partial charge in [0, 0.05) is 18.2 Å². The Morgan fingerprint density at radius 2 is 1.67 bits per heavy atom. The van der Waals surface area contributed by atoms with E-state index in [1.165, 1.54) is 13.0 Å². The molecule has 3 aromatic rings. The van der Waals surface area contributed by atoms with Crippen molar-refractivity contribution in [2.75, 3.05) is 10.6 Å². The summed E-state index contributed by atoms with van der Waals surface area (Å²) in [6.45, 7) is 6.87. The van der Waals surface area contributed by atoms with Crippen LogP contribution < -0.4 is 16.2 Å². The number of nitrogens with zero attached hydrogens (tertiary/aromatic N) is 2. The lowest BCUT2D eigenvalue weighted by molar-refractivity contribution is -0.119. The molecule has 154 valence electrons. The number of anilines is 2. The van der Waals surface area contributed by atoms with Crippen LogP contribution >= 0.6 is 0 Å². The molecule has 2 aromatic carbocycles. The normalized spacial score (nSPS) is 11.6. The summed E-state index contributed by atoms with van der Waals surface area (Å²) in [6, 6.07) is 15.5. The van der Waals surface area contributed by atoms with Crippen molar-refractivity contribution in [1.82, 2.24) is 9.78 Å². The third-order valence-corrected chi connectivity index (χ3v) is 4.84. The second-order valence-electron chi connectivity index (χ2n) is 7.20. The van der Waals surface area contributed by atoms with Crippen molar-refractivity contribution in [2.24, 2.45) is 0 Å². The molecule has 3 rings (SSSR count). The van der Waals surface area contributed by atoms with Gasteiger partial charge in [-0.05, 0) is 50.1 Å². The van der Waals surface area contributed by atoms with E-state index in [-0.39, 0.29) is 17.5 Å². The van der Waals surface area contributed by atoms with E-state index >= 15 is 0 Å². The molecule has 0 saturated heterocycles.